The highest BCUT2D eigenvalue weighted by atomic mass is 16.6. The van der Waals surface area contributed by atoms with E-state index in [-0.39, 0.29) is 17.2 Å². The Bertz CT molecular complexity index is 616. The molecule has 0 saturated carbocycles. The minimum absolute atomic E-state index is 0.0532. The summed E-state index contributed by atoms with van der Waals surface area (Å²) < 4.78 is 10.00. The van der Waals surface area contributed by atoms with Crippen LogP contribution in [0.4, 0.5) is 5.69 Å². The van der Waals surface area contributed by atoms with Crippen molar-refractivity contribution in [3.63, 3.8) is 0 Å². The van der Waals surface area contributed by atoms with Crippen LogP contribution in [-0.4, -0.2) is 17.9 Å². The van der Waals surface area contributed by atoms with E-state index in [2.05, 4.69) is 0 Å². The number of rotatable bonds is 3. The summed E-state index contributed by atoms with van der Waals surface area (Å²) >= 11 is 0. The first-order valence-electron chi connectivity index (χ1n) is 4.58. The van der Waals surface area contributed by atoms with Crippen molar-refractivity contribution in [2.24, 2.45) is 5.73 Å². The summed E-state index contributed by atoms with van der Waals surface area (Å²) in [5.74, 6) is -0.724. The van der Waals surface area contributed by atoms with Crippen molar-refractivity contribution >= 4 is 22.6 Å². The van der Waals surface area contributed by atoms with Gasteiger partial charge in [-0.3, -0.25) is 14.9 Å². The second-order valence-electron chi connectivity index (χ2n) is 3.29. The second-order valence-corrected chi connectivity index (χ2v) is 3.29. The molecule has 0 unspecified atom stereocenters. The number of nitrogens with zero attached hydrogens (tertiary/aromatic N) is 1. The van der Waals surface area contributed by atoms with Crippen molar-refractivity contribution in [1.82, 2.24) is 0 Å². The third-order valence-electron chi connectivity index (χ3n) is 2.26. The molecule has 0 atom stereocenters. The maximum Gasteiger partial charge on any atom is 0.311 e. The van der Waals surface area contributed by atoms with Gasteiger partial charge in [0.1, 0.15) is 5.58 Å². The molecule has 0 bridgehead atoms. The fourth-order valence-electron chi connectivity index (χ4n) is 1.48. The highest BCUT2D eigenvalue weighted by molar-refractivity contribution is 5.96. The highest BCUT2D eigenvalue weighted by Crippen LogP contribution is 2.33. The van der Waals surface area contributed by atoms with E-state index in [0.717, 1.165) is 0 Å². The maximum absolute atomic E-state index is 10.9. The number of methoxy groups -OCH3 is 1. The van der Waals surface area contributed by atoms with Crippen LogP contribution in [0.25, 0.3) is 11.0 Å². The van der Waals surface area contributed by atoms with Gasteiger partial charge < -0.3 is 14.9 Å². The van der Waals surface area contributed by atoms with Crippen LogP contribution in [-0.2, 0) is 0 Å². The molecular weight excluding hydrogens is 228 g/mol. The van der Waals surface area contributed by atoms with Crippen LogP contribution in [0.1, 0.15) is 10.6 Å². The Balaban J connectivity index is 2.70. The van der Waals surface area contributed by atoms with Crippen LogP contribution in [0.3, 0.4) is 0 Å². The Kier molecular flexibility index (Phi) is 2.43. The van der Waals surface area contributed by atoms with Gasteiger partial charge >= 0.3 is 5.69 Å². The minimum Gasteiger partial charge on any atom is -0.490 e. The van der Waals surface area contributed by atoms with Crippen LogP contribution in [0.5, 0.6) is 5.75 Å². The monoisotopic (exact) mass is 236 g/mol. The minimum atomic E-state index is -0.734. The Morgan fingerprint density at radius 2 is 2.18 bits per heavy atom. The van der Waals surface area contributed by atoms with Crippen molar-refractivity contribution in [2.45, 2.75) is 0 Å². The number of ether oxygens (including phenoxy) is 1. The summed E-state index contributed by atoms with van der Waals surface area (Å²) in [4.78, 5) is 21.1. The molecule has 17 heavy (non-hydrogen) atoms. The van der Waals surface area contributed by atoms with E-state index in [1.165, 1.54) is 25.3 Å². The largest absolute Gasteiger partial charge is 0.490 e. The normalized spacial score (nSPS) is 10.4. The molecule has 0 radical (unpaired) electrons. The van der Waals surface area contributed by atoms with Gasteiger partial charge in [-0.1, -0.05) is 0 Å². The molecule has 7 nitrogen and oxygen atoms in total. The number of furan rings is 1. The molecule has 0 saturated heterocycles. The highest BCUT2D eigenvalue weighted by Gasteiger charge is 2.19. The Morgan fingerprint density at radius 1 is 1.47 bits per heavy atom. The molecule has 0 aliphatic carbocycles. The first kappa shape index (κ1) is 10.9. The quantitative estimate of drug-likeness (QED) is 0.640. The lowest BCUT2D eigenvalue weighted by molar-refractivity contribution is -0.385. The van der Waals surface area contributed by atoms with Gasteiger partial charge in [0.15, 0.2) is 5.76 Å². The number of fused-ring (bicyclic) bond motifs is 1. The van der Waals surface area contributed by atoms with Crippen LogP contribution < -0.4 is 10.5 Å². The van der Waals surface area contributed by atoms with Gasteiger partial charge in [0.25, 0.3) is 5.91 Å². The van der Waals surface area contributed by atoms with Crippen molar-refractivity contribution in [2.75, 3.05) is 7.11 Å². The molecule has 0 aliphatic heterocycles. The van der Waals surface area contributed by atoms with Gasteiger partial charge in [-0.25, -0.2) is 0 Å². The zero-order chi connectivity index (χ0) is 12.6. The number of carbonyl (C=O) groups is 1. The van der Waals surface area contributed by atoms with E-state index < -0.39 is 10.8 Å². The van der Waals surface area contributed by atoms with Gasteiger partial charge in [-0.15, -0.1) is 0 Å². The molecule has 0 aliphatic rings. The summed E-state index contributed by atoms with van der Waals surface area (Å²) in [5, 5.41) is 11.2. The summed E-state index contributed by atoms with van der Waals surface area (Å²) in [6, 6.07) is 3.97. The lowest BCUT2D eigenvalue weighted by Crippen LogP contribution is -2.08. The van der Waals surface area contributed by atoms with Gasteiger partial charge in [0.05, 0.1) is 12.0 Å². The lowest BCUT2D eigenvalue weighted by atomic mass is 10.2. The molecule has 2 rings (SSSR count). The molecular formula is C10H8N2O5. The predicted octanol–water partition coefficient (Wildman–Crippen LogP) is 1.45. The topological polar surface area (TPSA) is 109 Å². The van der Waals surface area contributed by atoms with Gasteiger partial charge in [0, 0.05) is 17.5 Å². The molecule has 1 aromatic heterocycles. The number of amides is 1. The Hall–Kier alpha value is -2.57. The zero-order valence-electron chi connectivity index (χ0n) is 8.80. The number of hydrogen-bond donors (Lipinski definition) is 1. The van der Waals surface area contributed by atoms with E-state index in [1.807, 2.05) is 0 Å². The molecule has 7 heteroatoms. The van der Waals surface area contributed by atoms with Crippen molar-refractivity contribution < 1.29 is 18.9 Å². The number of nitrogens with two attached hydrogens (primary N) is 1. The molecule has 1 heterocycles. The SMILES string of the molecule is COc1cc2oc(C(N)=O)cc2cc1[N+](=O)[O-]. The number of nitro benzene ring substituents is 1. The predicted molar refractivity (Wildman–Crippen MR) is 57.9 cm³/mol. The maximum atomic E-state index is 10.9. The molecule has 1 amide bonds. The summed E-state index contributed by atoms with van der Waals surface area (Å²) in [5.41, 5.74) is 5.16. The standard InChI is InChI=1S/C10H8N2O5/c1-16-8-4-7-5(2-6(8)12(14)15)3-9(17-7)10(11)13/h2-4H,1H3,(H2,11,13). The first-order valence-corrected chi connectivity index (χ1v) is 4.58. The average molecular weight is 236 g/mol. The number of benzene rings is 1. The second kappa shape index (κ2) is 3.78. The number of hydrogen-bond acceptors (Lipinski definition) is 5. The van der Waals surface area contributed by atoms with Gasteiger partial charge in [-0.2, -0.15) is 0 Å². The van der Waals surface area contributed by atoms with E-state index in [9.17, 15) is 14.9 Å². The van der Waals surface area contributed by atoms with Crippen molar-refractivity contribution in [1.29, 1.82) is 0 Å². The van der Waals surface area contributed by atoms with E-state index in [1.54, 1.807) is 0 Å². The molecule has 0 spiro atoms. The fourth-order valence-corrected chi connectivity index (χ4v) is 1.48. The number of primary amides is 1. The zero-order valence-corrected chi connectivity index (χ0v) is 8.80. The van der Waals surface area contributed by atoms with E-state index >= 15 is 0 Å². The molecule has 2 aromatic rings. The number of carbonyl (C=O) groups excluding carboxylic acids is 1. The van der Waals surface area contributed by atoms with Gasteiger partial charge in [-0.05, 0) is 6.07 Å². The summed E-state index contributed by atoms with van der Waals surface area (Å²) in [6.07, 6.45) is 0. The average Bonchev–Trinajstić information content (AvgIpc) is 2.69. The first-order chi connectivity index (χ1) is 8.02. The van der Waals surface area contributed by atoms with Crippen molar-refractivity contribution in [3.8, 4) is 5.75 Å². The third kappa shape index (κ3) is 1.78. The molecule has 0 fully saturated rings. The summed E-state index contributed by atoms with van der Waals surface area (Å²) in [7, 11) is 1.31. The third-order valence-corrected chi connectivity index (χ3v) is 2.26. The molecule has 2 N–H and O–H groups in total. The van der Waals surface area contributed by atoms with Crippen LogP contribution >= 0.6 is 0 Å². The number of nitro groups is 1. The smallest absolute Gasteiger partial charge is 0.311 e. The van der Waals surface area contributed by atoms with E-state index in [4.69, 9.17) is 14.9 Å². The van der Waals surface area contributed by atoms with Gasteiger partial charge in [0.2, 0.25) is 5.75 Å². The van der Waals surface area contributed by atoms with Crippen molar-refractivity contribution in [3.05, 3.63) is 34.1 Å². The molecule has 1 aromatic carbocycles. The molecule has 88 valence electrons. The van der Waals surface area contributed by atoms with E-state index in [0.29, 0.717) is 11.0 Å². The van der Waals surface area contributed by atoms with Crippen LogP contribution in [0, 0.1) is 10.1 Å². The Labute approximate surface area is 94.9 Å². The summed E-state index contributed by atoms with van der Waals surface area (Å²) in [6.45, 7) is 0. The lowest BCUT2D eigenvalue weighted by Gasteiger charge is -2.00. The van der Waals surface area contributed by atoms with Crippen LogP contribution in [0.15, 0.2) is 22.6 Å². The fraction of sp³-hybridized carbons (Fsp3) is 0.100. The van der Waals surface area contributed by atoms with Crippen LogP contribution in [0.2, 0.25) is 0 Å². The Morgan fingerprint density at radius 3 is 2.71 bits per heavy atom.